The number of aliphatic imine (C=N–C) groups is 1. The number of hydrogen-bond donors (Lipinski definition) is 2. The molecule has 0 spiro atoms. The van der Waals surface area contributed by atoms with Gasteiger partial charge in [-0.05, 0) is 44.4 Å². The molecule has 2 amide bonds. The number of aryl methyl sites for hydroxylation is 1. The van der Waals surface area contributed by atoms with Gasteiger partial charge < -0.3 is 10.6 Å². The van der Waals surface area contributed by atoms with E-state index in [-0.39, 0.29) is 11.8 Å². The fourth-order valence-electron chi connectivity index (χ4n) is 3.37. The monoisotopic (exact) mass is 392 g/mol. The predicted octanol–water partition coefficient (Wildman–Crippen LogP) is 3.13. The number of benzene rings is 2. The number of nitrogens with zero attached hydrogens (tertiary/aromatic N) is 2. The first-order chi connectivity index (χ1) is 14.1. The van der Waals surface area contributed by atoms with Gasteiger partial charge in [0.25, 0.3) is 11.8 Å². The summed E-state index contributed by atoms with van der Waals surface area (Å²) in [5, 5.41) is 6.57. The summed E-state index contributed by atoms with van der Waals surface area (Å²) in [6, 6.07) is 15.3. The molecule has 6 nitrogen and oxygen atoms in total. The van der Waals surface area contributed by atoms with E-state index in [9.17, 15) is 9.59 Å². The Hall–Kier alpha value is -3.15. The third kappa shape index (κ3) is 5.22. The summed E-state index contributed by atoms with van der Waals surface area (Å²) < 4.78 is 0. The first kappa shape index (κ1) is 20.6. The van der Waals surface area contributed by atoms with Crippen LogP contribution in [0.25, 0.3) is 0 Å². The number of hydrogen-bond acceptors (Lipinski definition) is 3. The van der Waals surface area contributed by atoms with Gasteiger partial charge in [-0.1, -0.05) is 42.0 Å². The molecule has 29 heavy (non-hydrogen) atoms. The van der Waals surface area contributed by atoms with Gasteiger partial charge >= 0.3 is 0 Å². The average molecular weight is 393 g/mol. The van der Waals surface area contributed by atoms with Crippen LogP contribution in [0.5, 0.6) is 0 Å². The number of rotatable bonds is 8. The molecule has 0 atom stereocenters. The second kappa shape index (κ2) is 9.87. The summed E-state index contributed by atoms with van der Waals surface area (Å²) in [5.41, 5.74) is 3.42. The summed E-state index contributed by atoms with van der Waals surface area (Å²) in [4.78, 5) is 30.7. The number of nitrogens with one attached hydrogen (secondary N) is 2. The number of fused-ring (bicyclic) bond motifs is 1. The highest BCUT2D eigenvalue weighted by molar-refractivity contribution is 6.21. The minimum atomic E-state index is -0.188. The summed E-state index contributed by atoms with van der Waals surface area (Å²) in [5.74, 6) is 0.396. The van der Waals surface area contributed by atoms with Crippen LogP contribution in [-0.2, 0) is 6.54 Å². The molecule has 0 radical (unpaired) electrons. The van der Waals surface area contributed by atoms with Gasteiger partial charge in [0.15, 0.2) is 5.96 Å². The maximum atomic E-state index is 12.4. The number of carbonyl (C=O) groups excluding carboxylic acids is 2. The van der Waals surface area contributed by atoms with E-state index in [1.807, 2.05) is 13.0 Å². The standard InChI is InChI=1S/C23H28N4O2/c1-3-24-23(26-16-18-10-8-9-17(2)15-18)25-13-6-7-14-27-21(28)19-11-4-5-12-20(19)22(27)29/h4-5,8-12,15H,3,6-7,13-14,16H2,1-2H3,(H2,24,25,26). The largest absolute Gasteiger partial charge is 0.357 e. The van der Waals surface area contributed by atoms with E-state index in [1.54, 1.807) is 24.3 Å². The topological polar surface area (TPSA) is 73.8 Å². The Bertz CT molecular complexity index is 872. The first-order valence-electron chi connectivity index (χ1n) is 10.1. The summed E-state index contributed by atoms with van der Waals surface area (Å²) in [6.45, 7) is 6.67. The molecule has 0 saturated carbocycles. The van der Waals surface area contributed by atoms with E-state index in [0.29, 0.717) is 24.2 Å². The number of imide groups is 1. The van der Waals surface area contributed by atoms with E-state index >= 15 is 0 Å². The fraction of sp³-hybridized carbons (Fsp3) is 0.348. The van der Waals surface area contributed by atoms with Crippen molar-refractivity contribution in [3.63, 3.8) is 0 Å². The molecule has 0 fully saturated rings. The Kier molecular flexibility index (Phi) is 7.00. The maximum Gasteiger partial charge on any atom is 0.261 e. The number of guanidine groups is 1. The maximum absolute atomic E-state index is 12.4. The normalized spacial score (nSPS) is 13.6. The van der Waals surface area contributed by atoms with Gasteiger partial charge in [-0.15, -0.1) is 0 Å². The van der Waals surface area contributed by atoms with Crippen LogP contribution in [-0.4, -0.2) is 42.3 Å². The van der Waals surface area contributed by atoms with E-state index in [2.05, 4.69) is 40.7 Å². The number of carbonyl (C=O) groups is 2. The van der Waals surface area contributed by atoms with E-state index in [4.69, 9.17) is 0 Å². The summed E-state index contributed by atoms with van der Waals surface area (Å²) >= 11 is 0. The van der Waals surface area contributed by atoms with Crippen molar-refractivity contribution in [1.82, 2.24) is 15.5 Å². The molecule has 1 aliphatic rings. The zero-order valence-electron chi connectivity index (χ0n) is 17.1. The molecule has 1 aliphatic heterocycles. The molecule has 152 valence electrons. The predicted molar refractivity (Wildman–Crippen MR) is 115 cm³/mol. The Morgan fingerprint density at radius 1 is 0.966 bits per heavy atom. The van der Waals surface area contributed by atoms with Gasteiger partial charge in [-0.2, -0.15) is 0 Å². The smallest absolute Gasteiger partial charge is 0.261 e. The Morgan fingerprint density at radius 3 is 2.34 bits per heavy atom. The van der Waals surface area contributed by atoms with Crippen LogP contribution in [0.15, 0.2) is 53.5 Å². The molecule has 3 rings (SSSR count). The average Bonchev–Trinajstić information content (AvgIpc) is 2.96. The van der Waals surface area contributed by atoms with Crippen molar-refractivity contribution < 1.29 is 9.59 Å². The van der Waals surface area contributed by atoms with Gasteiger partial charge in [0, 0.05) is 19.6 Å². The third-order valence-corrected chi connectivity index (χ3v) is 4.83. The molecule has 0 saturated heterocycles. The highest BCUT2D eigenvalue weighted by Crippen LogP contribution is 2.22. The highest BCUT2D eigenvalue weighted by atomic mass is 16.2. The van der Waals surface area contributed by atoms with E-state index in [0.717, 1.165) is 31.9 Å². The van der Waals surface area contributed by atoms with E-state index in [1.165, 1.54) is 16.0 Å². The van der Waals surface area contributed by atoms with Crippen LogP contribution >= 0.6 is 0 Å². The van der Waals surface area contributed by atoms with Crippen molar-refractivity contribution in [3.8, 4) is 0 Å². The molecule has 0 unspecified atom stereocenters. The third-order valence-electron chi connectivity index (χ3n) is 4.83. The van der Waals surface area contributed by atoms with Gasteiger partial charge in [0.05, 0.1) is 17.7 Å². The molecule has 2 N–H and O–H groups in total. The van der Waals surface area contributed by atoms with Crippen LogP contribution in [0.2, 0.25) is 0 Å². The molecule has 0 aliphatic carbocycles. The van der Waals surface area contributed by atoms with Crippen molar-refractivity contribution >= 4 is 17.8 Å². The molecule has 0 bridgehead atoms. The number of unbranched alkanes of at least 4 members (excludes halogenated alkanes) is 1. The van der Waals surface area contributed by atoms with Gasteiger partial charge in [-0.3, -0.25) is 14.5 Å². The lowest BCUT2D eigenvalue weighted by Crippen LogP contribution is -2.38. The van der Waals surface area contributed by atoms with Crippen LogP contribution in [0.1, 0.15) is 51.6 Å². The summed E-state index contributed by atoms with van der Waals surface area (Å²) in [6.07, 6.45) is 1.58. The number of amides is 2. The van der Waals surface area contributed by atoms with Crippen LogP contribution in [0.4, 0.5) is 0 Å². The lowest BCUT2D eigenvalue weighted by Gasteiger charge is -2.14. The molecule has 0 aromatic heterocycles. The molecule has 2 aromatic carbocycles. The molecular formula is C23H28N4O2. The first-order valence-corrected chi connectivity index (χ1v) is 10.1. The molecular weight excluding hydrogens is 364 g/mol. The van der Waals surface area contributed by atoms with Gasteiger partial charge in [0.2, 0.25) is 0 Å². The SMILES string of the molecule is CCNC(=NCc1cccc(C)c1)NCCCCN1C(=O)c2ccccc2C1=O. The van der Waals surface area contributed by atoms with Crippen molar-refractivity contribution in [2.24, 2.45) is 4.99 Å². The van der Waals surface area contributed by atoms with Crippen LogP contribution in [0, 0.1) is 6.92 Å². The minimum absolute atomic E-state index is 0.188. The Labute approximate surface area is 172 Å². The zero-order valence-corrected chi connectivity index (χ0v) is 17.1. The fourth-order valence-corrected chi connectivity index (χ4v) is 3.37. The Morgan fingerprint density at radius 2 is 1.69 bits per heavy atom. The van der Waals surface area contributed by atoms with Crippen molar-refractivity contribution in [1.29, 1.82) is 0 Å². The molecule has 2 aromatic rings. The van der Waals surface area contributed by atoms with Crippen molar-refractivity contribution in [2.45, 2.75) is 33.2 Å². The van der Waals surface area contributed by atoms with Crippen molar-refractivity contribution in [3.05, 3.63) is 70.8 Å². The van der Waals surface area contributed by atoms with Gasteiger partial charge in [0.1, 0.15) is 0 Å². The van der Waals surface area contributed by atoms with Gasteiger partial charge in [-0.25, -0.2) is 4.99 Å². The van der Waals surface area contributed by atoms with Crippen LogP contribution in [0.3, 0.4) is 0 Å². The van der Waals surface area contributed by atoms with Crippen molar-refractivity contribution in [2.75, 3.05) is 19.6 Å². The Balaban J connectivity index is 1.44. The second-order valence-corrected chi connectivity index (χ2v) is 7.13. The highest BCUT2D eigenvalue weighted by Gasteiger charge is 2.34. The van der Waals surface area contributed by atoms with Crippen LogP contribution < -0.4 is 10.6 Å². The lowest BCUT2D eigenvalue weighted by molar-refractivity contribution is 0.0652. The second-order valence-electron chi connectivity index (χ2n) is 7.13. The molecule has 1 heterocycles. The molecule has 6 heteroatoms. The lowest BCUT2D eigenvalue weighted by atomic mass is 10.1. The zero-order chi connectivity index (χ0) is 20.6. The minimum Gasteiger partial charge on any atom is -0.357 e. The quantitative estimate of drug-likeness (QED) is 0.313. The summed E-state index contributed by atoms with van der Waals surface area (Å²) in [7, 11) is 0. The van der Waals surface area contributed by atoms with E-state index < -0.39 is 0 Å².